The van der Waals surface area contributed by atoms with Crippen LogP contribution in [0.2, 0.25) is 0 Å². The van der Waals surface area contributed by atoms with Gasteiger partial charge in [0.2, 0.25) is 0 Å². The molecule has 0 aromatic heterocycles. The van der Waals surface area contributed by atoms with Crippen LogP contribution in [0.5, 0.6) is 0 Å². The maximum Gasteiger partial charge on any atom is 0.137 e. The normalized spacial score (nSPS) is 10.1. The molecular weight excluding hydrogens is 259 g/mol. The predicted octanol–water partition coefficient (Wildman–Crippen LogP) is 4.13. The molecule has 0 saturated carbocycles. The van der Waals surface area contributed by atoms with E-state index in [-0.39, 0.29) is 10.5 Å². The lowest BCUT2D eigenvalue weighted by Crippen LogP contribution is -1.86. The van der Waals surface area contributed by atoms with Crippen LogP contribution >= 0.6 is 11.8 Å². The summed E-state index contributed by atoms with van der Waals surface area (Å²) < 4.78 is 39.5. The predicted molar refractivity (Wildman–Crippen MR) is 61.6 cm³/mol. The molecule has 2 aromatic rings. The standard InChI is InChI=1S/C13H6F3NS/c14-9-1-2-12(16)13(6-9)18-11-4-8(7-17)3-10(15)5-11/h1-6H. The molecule has 0 saturated heterocycles. The van der Waals surface area contributed by atoms with Gasteiger partial charge in [-0.15, -0.1) is 0 Å². The number of nitriles is 1. The van der Waals surface area contributed by atoms with Crippen LogP contribution in [0.25, 0.3) is 0 Å². The number of nitrogens with zero attached hydrogens (tertiary/aromatic N) is 1. The van der Waals surface area contributed by atoms with Gasteiger partial charge in [0.1, 0.15) is 17.5 Å². The SMILES string of the molecule is N#Cc1cc(F)cc(Sc2cc(F)ccc2F)c1. The van der Waals surface area contributed by atoms with Crippen LogP contribution < -0.4 is 0 Å². The lowest BCUT2D eigenvalue weighted by Gasteiger charge is -2.04. The quantitative estimate of drug-likeness (QED) is 0.815. The number of hydrogen-bond acceptors (Lipinski definition) is 2. The van der Waals surface area contributed by atoms with Gasteiger partial charge in [-0.3, -0.25) is 0 Å². The van der Waals surface area contributed by atoms with Gasteiger partial charge in [-0.25, -0.2) is 13.2 Å². The maximum atomic E-state index is 13.4. The third kappa shape index (κ3) is 2.84. The van der Waals surface area contributed by atoms with Crippen LogP contribution in [0, 0.1) is 28.8 Å². The summed E-state index contributed by atoms with van der Waals surface area (Å²) in [6, 6.07) is 8.48. The van der Waals surface area contributed by atoms with E-state index in [1.54, 1.807) is 6.07 Å². The number of hydrogen-bond donors (Lipinski definition) is 0. The number of benzene rings is 2. The number of halogens is 3. The summed E-state index contributed by atoms with van der Waals surface area (Å²) >= 11 is 0.866. The van der Waals surface area contributed by atoms with Crippen molar-refractivity contribution in [2.24, 2.45) is 0 Å². The fraction of sp³-hybridized carbons (Fsp3) is 0. The zero-order valence-corrected chi connectivity index (χ0v) is 9.77. The Bertz CT molecular complexity index is 635. The number of rotatable bonds is 2. The molecule has 2 aromatic carbocycles. The van der Waals surface area contributed by atoms with Gasteiger partial charge >= 0.3 is 0 Å². The summed E-state index contributed by atoms with van der Waals surface area (Å²) in [5.41, 5.74) is 0.134. The first-order chi connectivity index (χ1) is 8.58. The van der Waals surface area contributed by atoms with Gasteiger partial charge in [-0.1, -0.05) is 11.8 Å². The van der Waals surface area contributed by atoms with Gasteiger partial charge < -0.3 is 0 Å². The van der Waals surface area contributed by atoms with Gasteiger partial charge in [0, 0.05) is 4.90 Å². The highest BCUT2D eigenvalue weighted by molar-refractivity contribution is 7.99. The molecule has 2 rings (SSSR count). The van der Waals surface area contributed by atoms with E-state index in [0.29, 0.717) is 4.90 Å². The molecule has 0 radical (unpaired) electrons. The Morgan fingerprint density at radius 3 is 2.44 bits per heavy atom. The Labute approximate surface area is 106 Å². The minimum absolute atomic E-state index is 0.0458. The Morgan fingerprint density at radius 1 is 0.944 bits per heavy atom. The first kappa shape index (κ1) is 12.5. The van der Waals surface area contributed by atoms with E-state index >= 15 is 0 Å². The molecule has 0 aliphatic heterocycles. The van der Waals surface area contributed by atoms with Crippen molar-refractivity contribution < 1.29 is 13.2 Å². The molecule has 90 valence electrons. The van der Waals surface area contributed by atoms with E-state index < -0.39 is 17.5 Å². The average molecular weight is 265 g/mol. The summed E-state index contributed by atoms with van der Waals surface area (Å²) in [5, 5.41) is 8.69. The summed E-state index contributed by atoms with van der Waals surface area (Å²) in [7, 11) is 0. The second-order valence-corrected chi connectivity index (χ2v) is 4.58. The molecule has 0 bridgehead atoms. The average Bonchev–Trinajstić information content (AvgIpc) is 2.33. The fourth-order valence-electron chi connectivity index (χ4n) is 1.37. The summed E-state index contributed by atoms with van der Waals surface area (Å²) in [6.07, 6.45) is 0. The van der Waals surface area contributed by atoms with Crippen molar-refractivity contribution in [3.8, 4) is 6.07 Å². The molecule has 0 aliphatic carbocycles. The van der Waals surface area contributed by atoms with Crippen LogP contribution in [0.3, 0.4) is 0 Å². The van der Waals surface area contributed by atoms with Crippen LogP contribution in [0.1, 0.15) is 5.56 Å². The zero-order valence-electron chi connectivity index (χ0n) is 8.95. The molecule has 0 spiro atoms. The monoisotopic (exact) mass is 265 g/mol. The first-order valence-corrected chi connectivity index (χ1v) is 5.74. The Balaban J connectivity index is 2.37. The lowest BCUT2D eigenvalue weighted by atomic mass is 10.2. The van der Waals surface area contributed by atoms with E-state index in [9.17, 15) is 13.2 Å². The van der Waals surface area contributed by atoms with Crippen LogP contribution in [-0.4, -0.2) is 0 Å². The van der Waals surface area contributed by atoms with Gasteiger partial charge in [0.05, 0.1) is 16.5 Å². The Hall–Kier alpha value is -1.93. The molecule has 0 N–H and O–H groups in total. The molecule has 1 nitrogen and oxygen atoms in total. The Kier molecular flexibility index (Phi) is 3.58. The minimum Gasteiger partial charge on any atom is -0.207 e. The summed E-state index contributed by atoms with van der Waals surface area (Å²) in [6.45, 7) is 0. The molecule has 0 amide bonds. The third-order valence-electron chi connectivity index (χ3n) is 2.12. The van der Waals surface area contributed by atoms with Crippen molar-refractivity contribution in [1.82, 2.24) is 0 Å². The second-order valence-electron chi connectivity index (χ2n) is 3.46. The van der Waals surface area contributed by atoms with E-state index in [2.05, 4.69) is 0 Å². The van der Waals surface area contributed by atoms with E-state index in [1.165, 1.54) is 6.07 Å². The molecule has 5 heteroatoms. The zero-order chi connectivity index (χ0) is 13.1. The van der Waals surface area contributed by atoms with E-state index in [4.69, 9.17) is 5.26 Å². The van der Waals surface area contributed by atoms with Crippen molar-refractivity contribution in [3.05, 3.63) is 59.4 Å². The Morgan fingerprint density at radius 2 is 1.72 bits per heavy atom. The van der Waals surface area contributed by atoms with Crippen LogP contribution in [0.4, 0.5) is 13.2 Å². The highest BCUT2D eigenvalue weighted by Gasteiger charge is 2.08. The molecule has 18 heavy (non-hydrogen) atoms. The van der Waals surface area contributed by atoms with Crippen LogP contribution in [-0.2, 0) is 0 Å². The maximum absolute atomic E-state index is 13.4. The van der Waals surface area contributed by atoms with Gasteiger partial charge in [0.15, 0.2) is 0 Å². The minimum atomic E-state index is -0.593. The summed E-state index contributed by atoms with van der Waals surface area (Å²) in [4.78, 5) is 0.389. The van der Waals surface area contributed by atoms with Crippen molar-refractivity contribution in [2.45, 2.75) is 9.79 Å². The van der Waals surface area contributed by atoms with Gasteiger partial charge in [0.25, 0.3) is 0 Å². The van der Waals surface area contributed by atoms with Crippen molar-refractivity contribution >= 4 is 11.8 Å². The van der Waals surface area contributed by atoms with Crippen molar-refractivity contribution in [2.75, 3.05) is 0 Å². The largest absolute Gasteiger partial charge is 0.207 e. The van der Waals surface area contributed by atoms with Crippen molar-refractivity contribution in [1.29, 1.82) is 5.26 Å². The van der Waals surface area contributed by atoms with Crippen molar-refractivity contribution in [3.63, 3.8) is 0 Å². The fourth-order valence-corrected chi connectivity index (χ4v) is 2.32. The van der Waals surface area contributed by atoms with Gasteiger partial charge in [-0.05, 0) is 36.4 Å². The second kappa shape index (κ2) is 5.15. The highest BCUT2D eigenvalue weighted by Crippen LogP contribution is 2.31. The smallest absolute Gasteiger partial charge is 0.137 e. The third-order valence-corrected chi connectivity index (χ3v) is 3.13. The molecule has 0 fully saturated rings. The molecule has 0 aliphatic rings. The molecule has 0 heterocycles. The van der Waals surface area contributed by atoms with Crippen LogP contribution in [0.15, 0.2) is 46.2 Å². The van der Waals surface area contributed by atoms with Gasteiger partial charge in [-0.2, -0.15) is 5.26 Å². The molecule has 0 atom stereocenters. The highest BCUT2D eigenvalue weighted by atomic mass is 32.2. The topological polar surface area (TPSA) is 23.8 Å². The first-order valence-electron chi connectivity index (χ1n) is 4.92. The van der Waals surface area contributed by atoms with E-state index in [1.807, 2.05) is 0 Å². The lowest BCUT2D eigenvalue weighted by molar-refractivity contribution is 0.577. The molecule has 0 unspecified atom stereocenters. The summed E-state index contributed by atoms with van der Waals surface area (Å²) in [5.74, 6) is -1.76. The van der Waals surface area contributed by atoms with E-state index in [0.717, 1.165) is 42.1 Å². The molecular formula is C13H6F3NS.